The summed E-state index contributed by atoms with van der Waals surface area (Å²) in [5, 5.41) is 13.0. The van der Waals surface area contributed by atoms with E-state index >= 15 is 0 Å². The lowest BCUT2D eigenvalue weighted by molar-refractivity contribution is -0.0424. The maximum absolute atomic E-state index is 9.38. The van der Waals surface area contributed by atoms with Crippen LogP contribution in [-0.4, -0.2) is 62.0 Å². The Kier molecular flexibility index (Phi) is 6.93. The van der Waals surface area contributed by atoms with Gasteiger partial charge < -0.3 is 15.2 Å². The summed E-state index contributed by atoms with van der Waals surface area (Å²) < 4.78 is 5.82. The van der Waals surface area contributed by atoms with Crippen molar-refractivity contribution in [1.82, 2.24) is 10.2 Å². The predicted molar refractivity (Wildman–Crippen MR) is 86.5 cm³/mol. The predicted octanol–water partition coefficient (Wildman–Crippen LogP) is 1.88. The van der Waals surface area contributed by atoms with Gasteiger partial charge in [0.1, 0.15) is 0 Å². The minimum Gasteiger partial charge on any atom is -0.395 e. The largest absolute Gasteiger partial charge is 0.395 e. The summed E-state index contributed by atoms with van der Waals surface area (Å²) in [6, 6.07) is 0.695. The lowest BCUT2D eigenvalue weighted by Crippen LogP contribution is -2.53. The van der Waals surface area contributed by atoms with E-state index in [0.29, 0.717) is 12.0 Å². The zero-order chi connectivity index (χ0) is 15.1. The Morgan fingerprint density at radius 1 is 1.33 bits per heavy atom. The molecule has 2 fully saturated rings. The van der Waals surface area contributed by atoms with E-state index in [1.807, 2.05) is 0 Å². The number of hydrogen-bond acceptors (Lipinski definition) is 4. The van der Waals surface area contributed by atoms with Crippen LogP contribution in [-0.2, 0) is 4.74 Å². The van der Waals surface area contributed by atoms with Gasteiger partial charge in [0.15, 0.2) is 0 Å². The number of hydrogen-bond donors (Lipinski definition) is 2. The van der Waals surface area contributed by atoms with E-state index in [0.717, 1.165) is 39.4 Å². The molecule has 2 rings (SSSR count). The molecular formula is C17H34N2O2. The van der Waals surface area contributed by atoms with Crippen molar-refractivity contribution in [1.29, 1.82) is 0 Å². The van der Waals surface area contributed by atoms with Gasteiger partial charge in [0.25, 0.3) is 0 Å². The quantitative estimate of drug-likeness (QED) is 0.682. The summed E-state index contributed by atoms with van der Waals surface area (Å²) in [6.07, 6.45) is 6.36. The number of nitrogens with one attached hydrogen (secondary N) is 1. The van der Waals surface area contributed by atoms with Crippen LogP contribution in [0, 0.1) is 11.3 Å². The minimum absolute atomic E-state index is 0.234. The number of aliphatic hydroxyl groups is 1. The summed E-state index contributed by atoms with van der Waals surface area (Å²) in [7, 11) is 0. The van der Waals surface area contributed by atoms with Gasteiger partial charge in [-0.25, -0.2) is 0 Å². The first kappa shape index (κ1) is 17.2. The standard InChI is InChI=1S/C17H34N2O2/c1-15(2)11-18-12-17(7-4-10-21-14-17)13-19(8-9-20)16-5-3-6-16/h15-16,18,20H,3-14H2,1-2H3. The Morgan fingerprint density at radius 3 is 2.67 bits per heavy atom. The molecule has 1 atom stereocenters. The van der Waals surface area contributed by atoms with Gasteiger partial charge in [0, 0.05) is 37.7 Å². The Morgan fingerprint density at radius 2 is 2.14 bits per heavy atom. The zero-order valence-corrected chi connectivity index (χ0v) is 13.9. The lowest BCUT2D eigenvalue weighted by Gasteiger charge is -2.45. The van der Waals surface area contributed by atoms with Crippen molar-refractivity contribution in [3.8, 4) is 0 Å². The van der Waals surface area contributed by atoms with Crippen molar-refractivity contribution in [2.24, 2.45) is 11.3 Å². The Bertz CT molecular complexity index is 287. The van der Waals surface area contributed by atoms with E-state index in [1.165, 1.54) is 32.1 Å². The highest BCUT2D eigenvalue weighted by atomic mass is 16.5. The fourth-order valence-corrected chi connectivity index (χ4v) is 3.56. The zero-order valence-electron chi connectivity index (χ0n) is 13.9. The number of nitrogens with zero attached hydrogens (tertiary/aromatic N) is 1. The fourth-order valence-electron chi connectivity index (χ4n) is 3.56. The topological polar surface area (TPSA) is 44.7 Å². The second-order valence-electron chi connectivity index (χ2n) is 7.46. The van der Waals surface area contributed by atoms with Crippen molar-refractivity contribution in [3.63, 3.8) is 0 Å². The van der Waals surface area contributed by atoms with Gasteiger partial charge in [-0.15, -0.1) is 0 Å². The molecule has 0 radical (unpaired) electrons. The molecule has 1 heterocycles. The SMILES string of the molecule is CC(C)CNCC1(CN(CCO)C2CCC2)CCCOC1. The third-order valence-corrected chi connectivity index (χ3v) is 4.97. The average molecular weight is 298 g/mol. The minimum atomic E-state index is 0.234. The summed E-state index contributed by atoms with van der Waals surface area (Å²) in [5.41, 5.74) is 0.234. The first-order valence-corrected chi connectivity index (χ1v) is 8.78. The van der Waals surface area contributed by atoms with Gasteiger partial charge in [-0.3, -0.25) is 4.90 Å². The van der Waals surface area contributed by atoms with Crippen molar-refractivity contribution < 1.29 is 9.84 Å². The average Bonchev–Trinajstić information content (AvgIpc) is 2.37. The van der Waals surface area contributed by atoms with Crippen LogP contribution in [0.2, 0.25) is 0 Å². The molecule has 1 saturated heterocycles. The molecule has 0 spiro atoms. The van der Waals surface area contributed by atoms with Crippen molar-refractivity contribution in [3.05, 3.63) is 0 Å². The molecule has 124 valence electrons. The molecule has 1 unspecified atom stereocenters. The summed E-state index contributed by atoms with van der Waals surface area (Å²) in [4.78, 5) is 2.52. The van der Waals surface area contributed by atoms with Gasteiger partial charge in [-0.05, 0) is 38.1 Å². The van der Waals surface area contributed by atoms with Crippen LogP contribution in [0.1, 0.15) is 46.0 Å². The second-order valence-corrected chi connectivity index (χ2v) is 7.46. The number of rotatable bonds is 9. The summed E-state index contributed by atoms with van der Waals surface area (Å²) in [6.45, 7) is 10.6. The molecule has 4 nitrogen and oxygen atoms in total. The van der Waals surface area contributed by atoms with Crippen LogP contribution in [0.5, 0.6) is 0 Å². The molecule has 0 aromatic carbocycles. The van der Waals surface area contributed by atoms with Gasteiger partial charge in [0.05, 0.1) is 13.2 Å². The highest BCUT2D eigenvalue weighted by Crippen LogP contribution is 2.33. The smallest absolute Gasteiger partial charge is 0.0558 e. The van der Waals surface area contributed by atoms with Crippen molar-refractivity contribution >= 4 is 0 Å². The summed E-state index contributed by atoms with van der Waals surface area (Å²) in [5.74, 6) is 0.687. The Labute approximate surface area is 130 Å². The molecule has 1 saturated carbocycles. The van der Waals surface area contributed by atoms with Gasteiger partial charge >= 0.3 is 0 Å². The first-order valence-electron chi connectivity index (χ1n) is 8.78. The molecule has 0 bridgehead atoms. The molecule has 2 aliphatic rings. The van der Waals surface area contributed by atoms with Crippen molar-refractivity contribution in [2.45, 2.75) is 52.0 Å². The molecule has 1 aliphatic heterocycles. The molecule has 2 N–H and O–H groups in total. The van der Waals surface area contributed by atoms with Crippen LogP contribution in [0.3, 0.4) is 0 Å². The molecule has 21 heavy (non-hydrogen) atoms. The Hall–Kier alpha value is -0.160. The third kappa shape index (κ3) is 5.20. The second kappa shape index (κ2) is 8.47. The first-order chi connectivity index (χ1) is 10.2. The molecular weight excluding hydrogens is 264 g/mol. The molecule has 4 heteroatoms. The van der Waals surface area contributed by atoms with Crippen molar-refractivity contribution in [2.75, 3.05) is 46.0 Å². The summed E-state index contributed by atoms with van der Waals surface area (Å²) >= 11 is 0. The van der Waals surface area contributed by atoms with Crippen LogP contribution in [0.15, 0.2) is 0 Å². The maximum atomic E-state index is 9.38. The van der Waals surface area contributed by atoms with E-state index < -0.39 is 0 Å². The highest BCUT2D eigenvalue weighted by molar-refractivity contribution is 4.91. The molecule has 0 amide bonds. The van der Waals surface area contributed by atoms with Crippen LogP contribution >= 0.6 is 0 Å². The van der Waals surface area contributed by atoms with E-state index in [1.54, 1.807) is 0 Å². The lowest BCUT2D eigenvalue weighted by atomic mass is 9.80. The van der Waals surface area contributed by atoms with Crippen LogP contribution in [0.4, 0.5) is 0 Å². The molecule has 0 aromatic rings. The van der Waals surface area contributed by atoms with E-state index in [-0.39, 0.29) is 12.0 Å². The van der Waals surface area contributed by atoms with Gasteiger partial charge in [-0.2, -0.15) is 0 Å². The van der Waals surface area contributed by atoms with Crippen LogP contribution in [0.25, 0.3) is 0 Å². The van der Waals surface area contributed by atoms with Gasteiger partial charge in [0.2, 0.25) is 0 Å². The van der Waals surface area contributed by atoms with E-state index in [4.69, 9.17) is 4.74 Å². The van der Waals surface area contributed by atoms with Gasteiger partial charge in [-0.1, -0.05) is 20.3 Å². The monoisotopic (exact) mass is 298 g/mol. The normalized spacial score (nSPS) is 27.3. The molecule has 1 aliphatic carbocycles. The number of aliphatic hydroxyl groups excluding tert-OH is 1. The fraction of sp³-hybridized carbons (Fsp3) is 1.00. The number of ether oxygens (including phenoxy) is 1. The van der Waals surface area contributed by atoms with Crippen LogP contribution < -0.4 is 5.32 Å². The Balaban J connectivity index is 1.92. The maximum Gasteiger partial charge on any atom is 0.0558 e. The molecule has 0 aromatic heterocycles. The highest BCUT2D eigenvalue weighted by Gasteiger charge is 2.37. The van der Waals surface area contributed by atoms with E-state index in [2.05, 4.69) is 24.1 Å². The third-order valence-electron chi connectivity index (χ3n) is 4.97. The van der Waals surface area contributed by atoms with E-state index in [9.17, 15) is 5.11 Å².